The number of Topliss-reactive ketones (excluding diaryl/α,β-unsaturated/α-hetero) is 2. The van der Waals surface area contributed by atoms with E-state index in [4.69, 9.17) is 0 Å². The van der Waals surface area contributed by atoms with Gasteiger partial charge in [-0.15, -0.1) is 0 Å². The minimum atomic E-state index is -0.411. The molecule has 1 aliphatic rings. The maximum absolute atomic E-state index is 11.1. The highest BCUT2D eigenvalue weighted by molar-refractivity contribution is 6.42. The van der Waals surface area contributed by atoms with Crippen LogP contribution in [0, 0.1) is 11.8 Å². The van der Waals surface area contributed by atoms with Gasteiger partial charge in [-0.25, -0.2) is 0 Å². The van der Waals surface area contributed by atoms with Crippen LogP contribution in [0.5, 0.6) is 0 Å². The van der Waals surface area contributed by atoms with Gasteiger partial charge in [0.25, 0.3) is 0 Å². The molecule has 0 heterocycles. The standard InChI is InChI=1S/C8H11O2/c1-8(2)5-3-4-6(9)7(8)10/h4H,3,5H2,1-2H3. The van der Waals surface area contributed by atoms with Gasteiger partial charge < -0.3 is 0 Å². The third-order valence-corrected chi connectivity index (χ3v) is 1.94. The van der Waals surface area contributed by atoms with Crippen molar-refractivity contribution in [3.63, 3.8) is 0 Å². The van der Waals surface area contributed by atoms with E-state index < -0.39 is 5.41 Å². The molecular formula is C8H11O2. The quantitative estimate of drug-likeness (QED) is 0.472. The predicted octanol–water partition coefficient (Wildman–Crippen LogP) is 1.15. The van der Waals surface area contributed by atoms with Crippen molar-refractivity contribution in [3.8, 4) is 0 Å². The third kappa shape index (κ3) is 1.11. The van der Waals surface area contributed by atoms with Crippen LogP contribution in [0.2, 0.25) is 0 Å². The number of ketones is 2. The second-order valence-corrected chi connectivity index (χ2v) is 3.32. The van der Waals surface area contributed by atoms with Gasteiger partial charge in [0.1, 0.15) is 0 Å². The highest BCUT2D eigenvalue weighted by atomic mass is 16.2. The molecule has 1 fully saturated rings. The zero-order valence-electron chi connectivity index (χ0n) is 6.31. The molecule has 0 bridgehead atoms. The largest absolute Gasteiger partial charge is 0.291 e. The van der Waals surface area contributed by atoms with Crippen molar-refractivity contribution in [2.75, 3.05) is 0 Å². The van der Waals surface area contributed by atoms with E-state index in [1.54, 1.807) is 0 Å². The average Bonchev–Trinajstić information content (AvgIpc) is 1.83. The Labute approximate surface area is 60.6 Å². The molecular weight excluding hydrogens is 128 g/mol. The molecule has 0 aromatic heterocycles. The summed E-state index contributed by atoms with van der Waals surface area (Å²) >= 11 is 0. The Hall–Kier alpha value is -0.660. The van der Waals surface area contributed by atoms with Crippen LogP contribution in [0.3, 0.4) is 0 Å². The number of hydrogen-bond donors (Lipinski definition) is 0. The van der Waals surface area contributed by atoms with Crippen LogP contribution in [0.4, 0.5) is 0 Å². The summed E-state index contributed by atoms with van der Waals surface area (Å²) in [4.78, 5) is 21.9. The summed E-state index contributed by atoms with van der Waals surface area (Å²) < 4.78 is 0. The van der Waals surface area contributed by atoms with Gasteiger partial charge in [-0.05, 0) is 12.8 Å². The van der Waals surface area contributed by atoms with Crippen LogP contribution in [0.15, 0.2) is 0 Å². The molecule has 0 N–H and O–H groups in total. The topological polar surface area (TPSA) is 34.1 Å². The van der Waals surface area contributed by atoms with E-state index in [0.29, 0.717) is 0 Å². The molecule has 0 spiro atoms. The fraction of sp³-hybridized carbons (Fsp3) is 0.625. The van der Waals surface area contributed by atoms with E-state index >= 15 is 0 Å². The zero-order valence-corrected chi connectivity index (χ0v) is 6.31. The van der Waals surface area contributed by atoms with Gasteiger partial charge in [-0.3, -0.25) is 9.59 Å². The highest BCUT2D eigenvalue weighted by Crippen LogP contribution is 2.29. The van der Waals surface area contributed by atoms with Gasteiger partial charge in [0.2, 0.25) is 11.6 Å². The third-order valence-electron chi connectivity index (χ3n) is 1.94. The molecule has 1 saturated carbocycles. The van der Waals surface area contributed by atoms with Crippen LogP contribution < -0.4 is 0 Å². The molecule has 0 aliphatic heterocycles. The zero-order chi connectivity index (χ0) is 7.78. The van der Waals surface area contributed by atoms with Crippen molar-refractivity contribution in [1.29, 1.82) is 0 Å². The Morgan fingerprint density at radius 3 is 2.40 bits per heavy atom. The minimum absolute atomic E-state index is 0.237. The van der Waals surface area contributed by atoms with Gasteiger partial charge >= 0.3 is 0 Å². The number of carbonyl (C=O) groups excluding carboxylic acids is 2. The Balaban J connectivity index is 2.79. The molecule has 2 nitrogen and oxygen atoms in total. The molecule has 1 radical (unpaired) electrons. The fourth-order valence-corrected chi connectivity index (χ4v) is 1.10. The van der Waals surface area contributed by atoms with Crippen molar-refractivity contribution < 1.29 is 9.59 Å². The second-order valence-electron chi connectivity index (χ2n) is 3.32. The first-order chi connectivity index (χ1) is 4.54. The first-order valence-electron chi connectivity index (χ1n) is 3.46. The molecule has 1 aliphatic carbocycles. The van der Waals surface area contributed by atoms with Gasteiger partial charge in [0.05, 0.1) is 0 Å². The molecule has 0 saturated heterocycles. The molecule has 10 heavy (non-hydrogen) atoms. The molecule has 55 valence electrons. The lowest BCUT2D eigenvalue weighted by Gasteiger charge is -2.25. The molecule has 2 heteroatoms. The maximum atomic E-state index is 11.1. The summed E-state index contributed by atoms with van der Waals surface area (Å²) in [5.74, 6) is -0.546. The summed E-state index contributed by atoms with van der Waals surface area (Å²) in [6.45, 7) is 3.64. The Morgan fingerprint density at radius 2 is 2.00 bits per heavy atom. The second kappa shape index (κ2) is 2.19. The van der Waals surface area contributed by atoms with Crippen LogP contribution in [0.25, 0.3) is 0 Å². The van der Waals surface area contributed by atoms with Crippen LogP contribution in [-0.4, -0.2) is 11.6 Å². The monoisotopic (exact) mass is 139 g/mol. The lowest BCUT2D eigenvalue weighted by Crippen LogP contribution is -2.35. The molecule has 0 aromatic carbocycles. The van der Waals surface area contributed by atoms with E-state index in [1.165, 1.54) is 6.42 Å². The van der Waals surface area contributed by atoms with Gasteiger partial charge in [-0.2, -0.15) is 0 Å². The van der Waals surface area contributed by atoms with Crippen molar-refractivity contribution in [1.82, 2.24) is 0 Å². The summed E-state index contributed by atoms with van der Waals surface area (Å²) in [7, 11) is 0. The summed E-state index contributed by atoms with van der Waals surface area (Å²) in [6.07, 6.45) is 3.03. The van der Waals surface area contributed by atoms with Crippen LogP contribution in [-0.2, 0) is 9.59 Å². The van der Waals surface area contributed by atoms with Crippen molar-refractivity contribution >= 4 is 11.6 Å². The summed E-state index contributed by atoms with van der Waals surface area (Å²) in [6, 6.07) is 0. The minimum Gasteiger partial charge on any atom is -0.291 e. The molecule has 1 rings (SSSR count). The van der Waals surface area contributed by atoms with E-state index in [2.05, 4.69) is 0 Å². The van der Waals surface area contributed by atoms with E-state index in [0.717, 1.165) is 12.8 Å². The SMILES string of the molecule is CC1(C)CC[CH]C(=O)C1=O. The Bertz CT molecular complexity index is 180. The summed E-state index contributed by atoms with van der Waals surface area (Å²) in [5, 5.41) is 0. The average molecular weight is 139 g/mol. The molecule has 0 aromatic rings. The lowest BCUT2D eigenvalue weighted by molar-refractivity contribution is -0.141. The van der Waals surface area contributed by atoms with Gasteiger partial charge in [-0.1, -0.05) is 13.8 Å². The Kier molecular flexibility index (Phi) is 1.63. The normalized spacial score (nSPS) is 25.0. The lowest BCUT2D eigenvalue weighted by atomic mass is 9.76. The first-order valence-corrected chi connectivity index (χ1v) is 3.46. The predicted molar refractivity (Wildman–Crippen MR) is 37.3 cm³/mol. The van der Waals surface area contributed by atoms with Gasteiger partial charge in [0.15, 0.2) is 0 Å². The summed E-state index contributed by atoms with van der Waals surface area (Å²) in [5.41, 5.74) is -0.411. The molecule has 0 unspecified atom stereocenters. The van der Waals surface area contributed by atoms with Crippen molar-refractivity contribution in [2.24, 2.45) is 5.41 Å². The number of rotatable bonds is 0. The van der Waals surface area contributed by atoms with E-state index in [9.17, 15) is 9.59 Å². The smallest absolute Gasteiger partial charge is 0.204 e. The van der Waals surface area contributed by atoms with Crippen molar-refractivity contribution in [3.05, 3.63) is 6.42 Å². The van der Waals surface area contributed by atoms with E-state index in [-0.39, 0.29) is 11.6 Å². The molecule has 0 amide bonds. The highest BCUT2D eigenvalue weighted by Gasteiger charge is 2.35. The van der Waals surface area contributed by atoms with Gasteiger partial charge in [0, 0.05) is 11.8 Å². The van der Waals surface area contributed by atoms with Crippen LogP contribution in [0.1, 0.15) is 26.7 Å². The number of carbonyl (C=O) groups is 2. The van der Waals surface area contributed by atoms with Crippen LogP contribution >= 0.6 is 0 Å². The fourth-order valence-electron chi connectivity index (χ4n) is 1.10. The first kappa shape index (κ1) is 7.45. The molecule has 0 atom stereocenters. The maximum Gasteiger partial charge on any atom is 0.204 e. The number of hydrogen-bond acceptors (Lipinski definition) is 2. The van der Waals surface area contributed by atoms with E-state index in [1.807, 2.05) is 13.8 Å². The van der Waals surface area contributed by atoms with Crippen molar-refractivity contribution in [2.45, 2.75) is 26.7 Å². The Morgan fingerprint density at radius 1 is 1.40 bits per heavy atom.